The Balaban J connectivity index is 4.63. The minimum Gasteiger partial charge on any atom is -0.469 e. The molecule has 0 aromatic rings. The Hall–Kier alpha value is -2.12. The van der Waals surface area contributed by atoms with Crippen molar-refractivity contribution in [2.45, 2.75) is 6.42 Å². The highest BCUT2D eigenvalue weighted by Gasteiger charge is 2.23. The number of carbonyl (C=O) groups is 4. The Morgan fingerprint density at radius 3 is 1.50 bits per heavy atom. The van der Waals surface area contributed by atoms with Crippen LogP contribution >= 0.6 is 0 Å². The lowest BCUT2D eigenvalue weighted by molar-refractivity contribution is -0.155. The molecule has 102 valence electrons. The topological polar surface area (TPSA) is 99.2 Å². The van der Waals surface area contributed by atoms with Gasteiger partial charge < -0.3 is 19.1 Å². The van der Waals surface area contributed by atoms with Gasteiger partial charge in [-0.3, -0.25) is 19.2 Å². The number of esters is 3. The molecule has 0 unspecified atom stereocenters. The second-order valence-corrected chi connectivity index (χ2v) is 3.15. The van der Waals surface area contributed by atoms with E-state index >= 15 is 0 Å². The first kappa shape index (κ1) is 15.9. The van der Waals surface area contributed by atoms with Crippen LogP contribution < -0.4 is 0 Å². The van der Waals surface area contributed by atoms with Gasteiger partial charge in [-0.05, 0) is 0 Å². The summed E-state index contributed by atoms with van der Waals surface area (Å²) in [5.74, 6) is -2.91. The van der Waals surface area contributed by atoms with Gasteiger partial charge in [-0.2, -0.15) is 0 Å². The standard InChI is InChI=1S/C10H15NO7/c1-16-8(13)4-7(12)11(5-9(14)17-2)6-10(15)18-3/h4-6H2,1-3H3. The molecule has 0 atom stereocenters. The Kier molecular flexibility index (Phi) is 7.10. The molecule has 0 aliphatic carbocycles. The van der Waals surface area contributed by atoms with Crippen LogP contribution in [-0.2, 0) is 33.4 Å². The van der Waals surface area contributed by atoms with E-state index in [2.05, 4.69) is 14.2 Å². The van der Waals surface area contributed by atoms with Crippen LogP contribution in [0.25, 0.3) is 0 Å². The fourth-order valence-electron chi connectivity index (χ4n) is 0.980. The Morgan fingerprint density at radius 2 is 1.17 bits per heavy atom. The summed E-state index contributed by atoms with van der Waals surface area (Å²) in [6.07, 6.45) is -0.565. The minimum absolute atomic E-state index is 0.443. The van der Waals surface area contributed by atoms with Gasteiger partial charge in [-0.15, -0.1) is 0 Å². The van der Waals surface area contributed by atoms with E-state index in [1.54, 1.807) is 0 Å². The maximum atomic E-state index is 11.6. The Labute approximate surface area is 104 Å². The molecule has 0 saturated heterocycles. The van der Waals surface area contributed by atoms with E-state index in [1.165, 1.54) is 0 Å². The molecule has 0 radical (unpaired) electrons. The van der Waals surface area contributed by atoms with E-state index in [9.17, 15) is 19.2 Å². The number of carbonyl (C=O) groups excluding carboxylic acids is 4. The molecule has 8 heteroatoms. The molecule has 0 aromatic carbocycles. The molecule has 0 N–H and O–H groups in total. The van der Waals surface area contributed by atoms with Crippen molar-refractivity contribution in [2.24, 2.45) is 0 Å². The highest BCUT2D eigenvalue weighted by molar-refractivity contribution is 5.96. The second-order valence-electron chi connectivity index (χ2n) is 3.15. The highest BCUT2D eigenvalue weighted by Crippen LogP contribution is 1.98. The Bertz CT molecular complexity index is 321. The van der Waals surface area contributed by atoms with Crippen LogP contribution in [0.1, 0.15) is 6.42 Å². The second kappa shape index (κ2) is 8.04. The van der Waals surface area contributed by atoms with E-state index in [1.807, 2.05) is 0 Å². The van der Waals surface area contributed by atoms with Gasteiger partial charge in [0.25, 0.3) is 0 Å². The van der Waals surface area contributed by atoms with Gasteiger partial charge in [0.2, 0.25) is 5.91 Å². The molecule has 0 aliphatic rings. The summed E-state index contributed by atoms with van der Waals surface area (Å²) in [7, 11) is 3.41. The number of hydrogen-bond acceptors (Lipinski definition) is 7. The van der Waals surface area contributed by atoms with Crippen molar-refractivity contribution < 1.29 is 33.4 Å². The van der Waals surface area contributed by atoms with Crippen molar-refractivity contribution in [1.82, 2.24) is 4.90 Å². The summed E-state index contributed by atoms with van der Waals surface area (Å²) >= 11 is 0. The molecular weight excluding hydrogens is 246 g/mol. The summed E-state index contributed by atoms with van der Waals surface area (Å²) in [6, 6.07) is 0. The first-order chi connectivity index (χ1) is 8.44. The third kappa shape index (κ3) is 5.83. The summed E-state index contributed by atoms with van der Waals surface area (Å²) < 4.78 is 13.1. The number of nitrogens with zero attached hydrogens (tertiary/aromatic N) is 1. The largest absolute Gasteiger partial charge is 0.469 e. The molecular formula is C10H15NO7. The molecule has 0 aromatic heterocycles. The smallest absolute Gasteiger partial charge is 0.325 e. The molecule has 0 saturated carbocycles. The van der Waals surface area contributed by atoms with Crippen LogP contribution in [0.3, 0.4) is 0 Å². The molecule has 0 aliphatic heterocycles. The zero-order chi connectivity index (χ0) is 14.1. The van der Waals surface area contributed by atoms with Crippen molar-refractivity contribution in [1.29, 1.82) is 0 Å². The van der Waals surface area contributed by atoms with Gasteiger partial charge in [0.15, 0.2) is 0 Å². The van der Waals surface area contributed by atoms with Crippen LogP contribution in [0.2, 0.25) is 0 Å². The monoisotopic (exact) mass is 261 g/mol. The fraction of sp³-hybridized carbons (Fsp3) is 0.600. The highest BCUT2D eigenvalue weighted by atomic mass is 16.5. The number of hydrogen-bond donors (Lipinski definition) is 0. The maximum absolute atomic E-state index is 11.6. The fourth-order valence-corrected chi connectivity index (χ4v) is 0.980. The predicted molar refractivity (Wildman–Crippen MR) is 57.2 cm³/mol. The molecule has 0 heterocycles. The summed E-state index contributed by atoms with van der Waals surface area (Å²) in [5, 5.41) is 0. The van der Waals surface area contributed by atoms with Gasteiger partial charge in [0.1, 0.15) is 19.5 Å². The third-order valence-corrected chi connectivity index (χ3v) is 1.97. The van der Waals surface area contributed by atoms with E-state index in [-0.39, 0.29) is 0 Å². The minimum atomic E-state index is -0.764. The number of ether oxygens (including phenoxy) is 3. The maximum Gasteiger partial charge on any atom is 0.325 e. The summed E-state index contributed by atoms with van der Waals surface area (Å²) in [5.41, 5.74) is 0. The number of methoxy groups -OCH3 is 3. The van der Waals surface area contributed by atoms with Crippen molar-refractivity contribution in [2.75, 3.05) is 34.4 Å². The SMILES string of the molecule is COC(=O)CC(=O)N(CC(=O)OC)CC(=O)OC. The average molecular weight is 261 g/mol. The van der Waals surface area contributed by atoms with E-state index in [0.29, 0.717) is 0 Å². The Morgan fingerprint density at radius 1 is 0.778 bits per heavy atom. The third-order valence-electron chi connectivity index (χ3n) is 1.97. The van der Waals surface area contributed by atoms with Crippen LogP contribution in [0.15, 0.2) is 0 Å². The van der Waals surface area contributed by atoms with Gasteiger partial charge in [-0.1, -0.05) is 0 Å². The summed E-state index contributed by atoms with van der Waals surface area (Å²) in [4.78, 5) is 45.6. The normalized spacial score (nSPS) is 9.28. The zero-order valence-electron chi connectivity index (χ0n) is 10.4. The van der Waals surface area contributed by atoms with E-state index in [4.69, 9.17) is 0 Å². The molecule has 1 amide bonds. The lowest BCUT2D eigenvalue weighted by Crippen LogP contribution is -2.41. The molecule has 18 heavy (non-hydrogen) atoms. The van der Waals surface area contributed by atoms with Crippen molar-refractivity contribution in [3.63, 3.8) is 0 Å². The lowest BCUT2D eigenvalue weighted by Gasteiger charge is -2.19. The number of amides is 1. The molecule has 8 nitrogen and oxygen atoms in total. The van der Waals surface area contributed by atoms with Crippen molar-refractivity contribution >= 4 is 23.8 Å². The predicted octanol–water partition coefficient (Wildman–Crippen LogP) is -1.28. The van der Waals surface area contributed by atoms with Gasteiger partial charge >= 0.3 is 17.9 Å². The van der Waals surface area contributed by atoms with E-state index in [0.717, 1.165) is 26.2 Å². The van der Waals surface area contributed by atoms with Crippen LogP contribution in [0, 0.1) is 0 Å². The first-order valence-corrected chi connectivity index (χ1v) is 4.92. The van der Waals surface area contributed by atoms with Gasteiger partial charge in [-0.25, -0.2) is 0 Å². The van der Waals surface area contributed by atoms with E-state index < -0.39 is 43.3 Å². The first-order valence-electron chi connectivity index (χ1n) is 4.92. The van der Waals surface area contributed by atoms with Crippen LogP contribution in [0.4, 0.5) is 0 Å². The average Bonchev–Trinajstić information content (AvgIpc) is 2.36. The van der Waals surface area contributed by atoms with Gasteiger partial charge in [0.05, 0.1) is 21.3 Å². The molecule has 0 fully saturated rings. The molecule has 0 bridgehead atoms. The molecule has 0 spiro atoms. The number of rotatable bonds is 6. The zero-order valence-corrected chi connectivity index (χ0v) is 10.4. The lowest BCUT2D eigenvalue weighted by atomic mass is 10.3. The summed E-state index contributed by atoms with van der Waals surface area (Å²) in [6.45, 7) is -0.886. The van der Waals surface area contributed by atoms with Crippen LogP contribution in [-0.4, -0.2) is 63.1 Å². The van der Waals surface area contributed by atoms with Crippen LogP contribution in [0.5, 0.6) is 0 Å². The van der Waals surface area contributed by atoms with Gasteiger partial charge in [0, 0.05) is 0 Å². The quantitative estimate of drug-likeness (QED) is 0.333. The van der Waals surface area contributed by atoms with Crippen molar-refractivity contribution in [3.8, 4) is 0 Å². The molecule has 0 rings (SSSR count). The van der Waals surface area contributed by atoms with Crippen molar-refractivity contribution in [3.05, 3.63) is 0 Å².